The van der Waals surface area contributed by atoms with Crippen LogP contribution in [0.5, 0.6) is 0 Å². The van der Waals surface area contributed by atoms with Crippen LogP contribution >= 0.6 is 0 Å². The molecule has 0 aromatic carbocycles. The van der Waals surface area contributed by atoms with Gasteiger partial charge in [-0.15, -0.1) is 0 Å². The van der Waals surface area contributed by atoms with Crippen molar-refractivity contribution in [1.82, 2.24) is 19.8 Å². The smallest absolute Gasteiger partial charge is 0.409 e. The second kappa shape index (κ2) is 7.76. The molecule has 2 aliphatic rings. The predicted molar refractivity (Wildman–Crippen MR) is 97.2 cm³/mol. The van der Waals surface area contributed by atoms with Crippen LogP contribution in [-0.4, -0.2) is 78.6 Å². The molecule has 1 N–H and O–H groups in total. The SMILES string of the molecule is CC(=O)N1CCc2c(nc(N(C)C)nc2NCCN2CCCOC2=O)C1. The summed E-state index contributed by atoms with van der Waals surface area (Å²) in [4.78, 5) is 38.0. The fraction of sp³-hybridized carbons (Fsp3) is 0.647. The number of rotatable bonds is 5. The summed E-state index contributed by atoms with van der Waals surface area (Å²) < 4.78 is 5.06. The lowest BCUT2D eigenvalue weighted by molar-refractivity contribution is -0.129. The summed E-state index contributed by atoms with van der Waals surface area (Å²) in [6.45, 7) is 5.12. The maximum absolute atomic E-state index is 11.7. The van der Waals surface area contributed by atoms with Crippen LogP contribution in [0.4, 0.5) is 16.6 Å². The van der Waals surface area contributed by atoms with Gasteiger partial charge in [0.15, 0.2) is 0 Å². The topological polar surface area (TPSA) is 90.9 Å². The molecule has 2 amide bonds. The zero-order valence-electron chi connectivity index (χ0n) is 15.6. The third kappa shape index (κ3) is 3.97. The Bertz CT molecular complexity index is 693. The molecule has 1 saturated heterocycles. The highest BCUT2D eigenvalue weighted by Gasteiger charge is 2.24. The Balaban J connectivity index is 1.73. The molecule has 26 heavy (non-hydrogen) atoms. The van der Waals surface area contributed by atoms with E-state index >= 15 is 0 Å². The van der Waals surface area contributed by atoms with Crippen molar-refractivity contribution >= 4 is 23.8 Å². The highest BCUT2D eigenvalue weighted by Crippen LogP contribution is 2.25. The molecule has 0 bridgehead atoms. The molecule has 0 atom stereocenters. The van der Waals surface area contributed by atoms with E-state index in [4.69, 9.17) is 4.74 Å². The van der Waals surface area contributed by atoms with Gasteiger partial charge in [-0.05, 0) is 12.8 Å². The number of aromatic nitrogens is 2. The zero-order valence-corrected chi connectivity index (χ0v) is 15.6. The van der Waals surface area contributed by atoms with E-state index in [0.717, 1.165) is 36.5 Å². The molecule has 0 spiro atoms. The van der Waals surface area contributed by atoms with Crippen LogP contribution in [0, 0.1) is 0 Å². The first-order valence-corrected chi connectivity index (χ1v) is 8.94. The molecule has 0 saturated carbocycles. The Hall–Kier alpha value is -2.58. The van der Waals surface area contributed by atoms with E-state index in [1.54, 1.807) is 16.7 Å². The lowest BCUT2D eigenvalue weighted by atomic mass is 10.1. The number of amides is 2. The van der Waals surface area contributed by atoms with Crippen LogP contribution in [0.2, 0.25) is 0 Å². The number of cyclic esters (lactones) is 1. The summed E-state index contributed by atoms with van der Waals surface area (Å²) in [7, 11) is 3.78. The fourth-order valence-electron chi connectivity index (χ4n) is 3.14. The van der Waals surface area contributed by atoms with Crippen molar-refractivity contribution in [3.05, 3.63) is 11.3 Å². The van der Waals surface area contributed by atoms with Gasteiger partial charge in [0.25, 0.3) is 0 Å². The molecule has 9 nitrogen and oxygen atoms in total. The van der Waals surface area contributed by atoms with Crippen LogP contribution in [0.15, 0.2) is 0 Å². The Morgan fingerprint density at radius 2 is 2.12 bits per heavy atom. The Kier molecular flexibility index (Phi) is 5.43. The number of hydrogen-bond acceptors (Lipinski definition) is 7. The van der Waals surface area contributed by atoms with Gasteiger partial charge in [0, 0.05) is 52.8 Å². The summed E-state index contributed by atoms with van der Waals surface area (Å²) >= 11 is 0. The normalized spacial score (nSPS) is 16.8. The number of carbonyl (C=O) groups is 2. The highest BCUT2D eigenvalue weighted by atomic mass is 16.6. The maximum Gasteiger partial charge on any atom is 0.409 e. The van der Waals surface area contributed by atoms with Crippen molar-refractivity contribution in [1.29, 1.82) is 0 Å². The molecule has 2 aliphatic heterocycles. The summed E-state index contributed by atoms with van der Waals surface area (Å²) in [5.74, 6) is 1.44. The van der Waals surface area contributed by atoms with Crippen molar-refractivity contribution in [2.45, 2.75) is 26.3 Å². The van der Waals surface area contributed by atoms with Gasteiger partial charge in [0.1, 0.15) is 5.82 Å². The second-order valence-corrected chi connectivity index (χ2v) is 6.76. The molecule has 3 rings (SSSR count). The number of carbonyl (C=O) groups excluding carboxylic acids is 2. The number of ether oxygens (including phenoxy) is 1. The van der Waals surface area contributed by atoms with Crippen LogP contribution in [0.25, 0.3) is 0 Å². The largest absolute Gasteiger partial charge is 0.449 e. The van der Waals surface area contributed by atoms with Crippen molar-refractivity contribution < 1.29 is 14.3 Å². The van der Waals surface area contributed by atoms with Gasteiger partial charge >= 0.3 is 6.09 Å². The molecule has 142 valence electrons. The Morgan fingerprint density at radius 1 is 1.31 bits per heavy atom. The second-order valence-electron chi connectivity index (χ2n) is 6.76. The predicted octanol–water partition coefficient (Wildman–Crippen LogP) is 0.701. The molecule has 9 heteroatoms. The zero-order chi connectivity index (χ0) is 18.7. The van der Waals surface area contributed by atoms with Crippen molar-refractivity contribution in [3.8, 4) is 0 Å². The molecule has 1 aromatic rings. The van der Waals surface area contributed by atoms with E-state index < -0.39 is 0 Å². The summed E-state index contributed by atoms with van der Waals surface area (Å²) in [6, 6.07) is 0. The van der Waals surface area contributed by atoms with Gasteiger partial charge < -0.3 is 24.8 Å². The average molecular weight is 362 g/mol. The Morgan fingerprint density at radius 3 is 2.81 bits per heavy atom. The van der Waals surface area contributed by atoms with Crippen LogP contribution in [-0.2, 0) is 22.5 Å². The first-order valence-electron chi connectivity index (χ1n) is 8.94. The molecular formula is C17H26N6O3. The van der Waals surface area contributed by atoms with Gasteiger partial charge in [-0.1, -0.05) is 0 Å². The molecule has 0 unspecified atom stereocenters. The fourth-order valence-corrected chi connectivity index (χ4v) is 3.14. The van der Waals surface area contributed by atoms with Gasteiger partial charge in [-0.25, -0.2) is 9.78 Å². The third-order valence-corrected chi connectivity index (χ3v) is 4.63. The van der Waals surface area contributed by atoms with E-state index in [2.05, 4.69) is 15.3 Å². The average Bonchev–Trinajstić information content (AvgIpc) is 2.62. The quantitative estimate of drug-likeness (QED) is 0.824. The minimum Gasteiger partial charge on any atom is -0.449 e. The molecule has 1 fully saturated rings. The van der Waals surface area contributed by atoms with Crippen LogP contribution in [0.3, 0.4) is 0 Å². The van der Waals surface area contributed by atoms with Crippen molar-refractivity contribution in [2.75, 3.05) is 57.1 Å². The highest BCUT2D eigenvalue weighted by molar-refractivity contribution is 5.73. The van der Waals surface area contributed by atoms with E-state index in [1.165, 1.54) is 0 Å². The van der Waals surface area contributed by atoms with Gasteiger partial charge in [-0.2, -0.15) is 4.98 Å². The summed E-state index contributed by atoms with van der Waals surface area (Å²) in [6.07, 6.45) is 1.32. The number of fused-ring (bicyclic) bond motifs is 1. The van der Waals surface area contributed by atoms with E-state index in [1.807, 2.05) is 19.0 Å². The first-order chi connectivity index (χ1) is 12.5. The minimum atomic E-state index is -0.256. The van der Waals surface area contributed by atoms with Gasteiger partial charge in [-0.3, -0.25) is 4.79 Å². The lowest BCUT2D eigenvalue weighted by Gasteiger charge is -2.30. The van der Waals surface area contributed by atoms with E-state index in [9.17, 15) is 9.59 Å². The third-order valence-electron chi connectivity index (χ3n) is 4.63. The number of hydrogen-bond donors (Lipinski definition) is 1. The molecule has 3 heterocycles. The maximum atomic E-state index is 11.7. The van der Waals surface area contributed by atoms with E-state index in [-0.39, 0.29) is 12.0 Å². The minimum absolute atomic E-state index is 0.0544. The lowest BCUT2D eigenvalue weighted by Crippen LogP contribution is -2.40. The first kappa shape index (κ1) is 18.2. The van der Waals surface area contributed by atoms with Crippen molar-refractivity contribution in [3.63, 3.8) is 0 Å². The van der Waals surface area contributed by atoms with Crippen molar-refractivity contribution in [2.24, 2.45) is 0 Å². The molecule has 0 aliphatic carbocycles. The molecular weight excluding hydrogens is 336 g/mol. The Labute approximate surface area is 153 Å². The van der Waals surface area contributed by atoms with E-state index in [0.29, 0.717) is 38.7 Å². The number of anilines is 2. The number of nitrogens with one attached hydrogen (secondary N) is 1. The summed E-state index contributed by atoms with van der Waals surface area (Å²) in [5, 5.41) is 3.35. The molecule has 1 aromatic heterocycles. The standard InChI is InChI=1S/C17H26N6O3/c1-12(24)23-8-5-13-14(11-23)19-16(21(2)3)20-15(13)18-6-9-22-7-4-10-26-17(22)25/h4-11H2,1-3H3,(H,18,19,20). The molecule has 0 radical (unpaired) electrons. The van der Waals surface area contributed by atoms with Gasteiger partial charge in [0.2, 0.25) is 11.9 Å². The van der Waals surface area contributed by atoms with Crippen LogP contribution in [0.1, 0.15) is 24.6 Å². The monoisotopic (exact) mass is 362 g/mol. The van der Waals surface area contributed by atoms with Gasteiger partial charge in [0.05, 0.1) is 18.8 Å². The number of nitrogens with zero attached hydrogens (tertiary/aromatic N) is 5. The van der Waals surface area contributed by atoms with Crippen LogP contribution < -0.4 is 10.2 Å². The summed E-state index contributed by atoms with van der Waals surface area (Å²) in [5.41, 5.74) is 1.93.